The molecule has 3 aromatic carbocycles. The van der Waals surface area contributed by atoms with Gasteiger partial charge in [-0.3, -0.25) is 0 Å². The maximum absolute atomic E-state index is 13.3. The van der Waals surface area contributed by atoms with Gasteiger partial charge < -0.3 is 14.4 Å². The summed E-state index contributed by atoms with van der Waals surface area (Å²) in [5, 5.41) is 3.00. The molecule has 6 nitrogen and oxygen atoms in total. The second kappa shape index (κ2) is 10.7. The number of nitrogens with one attached hydrogen (secondary N) is 1. The third-order valence-electron chi connectivity index (χ3n) is 4.95. The second-order valence-electron chi connectivity index (χ2n) is 9.23. The highest BCUT2D eigenvalue weighted by molar-refractivity contribution is 7.87. The molecule has 0 atom stereocenters. The van der Waals surface area contributed by atoms with E-state index in [9.17, 15) is 17.6 Å². The van der Waals surface area contributed by atoms with Crippen molar-refractivity contribution in [3.8, 4) is 5.75 Å². The number of halogens is 2. The van der Waals surface area contributed by atoms with Crippen LogP contribution in [0.2, 0.25) is 5.02 Å². The molecule has 0 spiro atoms. The van der Waals surface area contributed by atoms with E-state index in [1.807, 2.05) is 20.8 Å². The Hall–Kier alpha value is -3.10. The molecule has 0 heterocycles. The number of nitrogens with zero attached hydrogens (tertiary/aromatic N) is 1. The van der Waals surface area contributed by atoms with E-state index in [1.165, 1.54) is 24.3 Å². The molecule has 0 saturated heterocycles. The highest BCUT2D eigenvalue weighted by atomic mass is 35.5. The van der Waals surface area contributed by atoms with Crippen LogP contribution in [0.3, 0.4) is 0 Å². The van der Waals surface area contributed by atoms with E-state index in [1.54, 1.807) is 54.3 Å². The van der Waals surface area contributed by atoms with E-state index in [-0.39, 0.29) is 40.6 Å². The van der Waals surface area contributed by atoms with Crippen molar-refractivity contribution in [2.24, 2.45) is 0 Å². The van der Waals surface area contributed by atoms with Crippen LogP contribution in [0.1, 0.15) is 37.5 Å². The minimum Gasteiger partial charge on any atom is -0.379 e. The number of urea groups is 1. The molecular formula is C26H28ClFN2O4S. The van der Waals surface area contributed by atoms with Crippen molar-refractivity contribution in [3.63, 3.8) is 0 Å². The molecule has 186 valence electrons. The monoisotopic (exact) mass is 518 g/mol. The van der Waals surface area contributed by atoms with Crippen LogP contribution in [-0.2, 0) is 23.2 Å². The van der Waals surface area contributed by atoms with Gasteiger partial charge in [0.1, 0.15) is 16.5 Å². The lowest BCUT2D eigenvalue weighted by atomic mass is 10.1. The Morgan fingerprint density at radius 2 is 1.63 bits per heavy atom. The van der Waals surface area contributed by atoms with Crippen LogP contribution in [0.25, 0.3) is 0 Å². The zero-order chi connectivity index (χ0) is 25.8. The van der Waals surface area contributed by atoms with Crippen molar-refractivity contribution in [1.82, 2.24) is 10.2 Å². The highest BCUT2D eigenvalue weighted by Crippen LogP contribution is 2.28. The molecule has 0 aliphatic rings. The Bertz CT molecular complexity index is 1290. The van der Waals surface area contributed by atoms with Gasteiger partial charge in [-0.1, -0.05) is 48.0 Å². The fourth-order valence-corrected chi connectivity index (χ4v) is 5.14. The summed E-state index contributed by atoms with van der Waals surface area (Å²) in [6, 6.07) is 16.9. The molecule has 0 radical (unpaired) electrons. The van der Waals surface area contributed by atoms with Crippen molar-refractivity contribution in [1.29, 1.82) is 0 Å². The Labute approximate surface area is 210 Å². The van der Waals surface area contributed by atoms with Gasteiger partial charge in [0.25, 0.3) is 0 Å². The summed E-state index contributed by atoms with van der Waals surface area (Å²) in [6.07, 6.45) is 0. The van der Waals surface area contributed by atoms with Crippen LogP contribution in [0.4, 0.5) is 9.18 Å². The minimum atomic E-state index is -4.17. The lowest BCUT2D eigenvalue weighted by Crippen LogP contribution is -2.47. The van der Waals surface area contributed by atoms with Crippen molar-refractivity contribution in [2.45, 2.75) is 51.2 Å². The van der Waals surface area contributed by atoms with Crippen molar-refractivity contribution in [2.75, 3.05) is 0 Å². The number of rotatable bonds is 7. The normalized spacial score (nSPS) is 11.7. The molecule has 35 heavy (non-hydrogen) atoms. The number of amides is 2. The van der Waals surface area contributed by atoms with E-state index in [0.29, 0.717) is 11.1 Å². The van der Waals surface area contributed by atoms with Crippen LogP contribution in [0, 0.1) is 12.7 Å². The number of hydrogen-bond donors (Lipinski definition) is 1. The number of aryl methyl sites for hydroxylation is 1. The Morgan fingerprint density at radius 1 is 1.00 bits per heavy atom. The highest BCUT2D eigenvalue weighted by Gasteiger charge is 2.24. The van der Waals surface area contributed by atoms with Crippen molar-refractivity contribution < 1.29 is 21.8 Å². The molecule has 0 fully saturated rings. The zero-order valence-corrected chi connectivity index (χ0v) is 21.6. The second-order valence-corrected chi connectivity index (χ2v) is 11.1. The summed E-state index contributed by atoms with van der Waals surface area (Å²) in [6.45, 7) is 7.65. The SMILES string of the molecule is Cc1cccc(Cl)c1S(=O)(=O)Oc1cccc(CN(Cc2ccc(F)cc2)C(=O)NC(C)(C)C)c1. The van der Waals surface area contributed by atoms with Crippen LogP contribution < -0.4 is 9.50 Å². The van der Waals surface area contributed by atoms with Crippen LogP contribution >= 0.6 is 11.6 Å². The molecule has 1 N–H and O–H groups in total. The molecule has 3 aromatic rings. The molecule has 3 rings (SSSR count). The molecule has 0 aromatic heterocycles. The minimum absolute atomic E-state index is 0.0745. The zero-order valence-electron chi connectivity index (χ0n) is 20.0. The lowest BCUT2D eigenvalue weighted by molar-refractivity contribution is 0.183. The van der Waals surface area contributed by atoms with Crippen LogP contribution in [-0.4, -0.2) is 24.9 Å². The predicted molar refractivity (Wildman–Crippen MR) is 134 cm³/mol. The van der Waals surface area contributed by atoms with Gasteiger partial charge >= 0.3 is 16.1 Å². The number of carbonyl (C=O) groups excluding carboxylic acids is 1. The summed E-state index contributed by atoms with van der Waals surface area (Å²) >= 11 is 6.12. The van der Waals surface area contributed by atoms with Crippen LogP contribution in [0.15, 0.2) is 71.6 Å². The molecule has 0 saturated carbocycles. The van der Waals surface area contributed by atoms with Gasteiger partial charge in [0.05, 0.1) is 5.02 Å². The van der Waals surface area contributed by atoms with Gasteiger partial charge in [-0.15, -0.1) is 0 Å². The lowest BCUT2D eigenvalue weighted by Gasteiger charge is -2.29. The summed E-state index contributed by atoms with van der Waals surface area (Å²) in [7, 11) is -4.17. The maximum atomic E-state index is 13.3. The van der Waals surface area contributed by atoms with Gasteiger partial charge in [0.2, 0.25) is 0 Å². The first-order valence-electron chi connectivity index (χ1n) is 10.9. The van der Waals surface area contributed by atoms with E-state index < -0.39 is 15.7 Å². The first kappa shape index (κ1) is 26.5. The standard InChI is InChI=1S/C26H28ClFN2O4S/c1-18-7-5-10-23(27)24(18)35(32,33)34-22-9-6-8-20(15-22)17-30(25(31)29-26(2,3)4)16-19-11-13-21(28)14-12-19/h5-15H,16-17H2,1-4H3,(H,29,31). The third-order valence-corrected chi connectivity index (χ3v) is 6.83. The predicted octanol–water partition coefficient (Wildman–Crippen LogP) is 6.07. The Kier molecular flexibility index (Phi) is 8.07. The maximum Gasteiger partial charge on any atom is 0.340 e. The Morgan fingerprint density at radius 3 is 2.26 bits per heavy atom. The average molecular weight is 519 g/mol. The van der Waals surface area contributed by atoms with Gasteiger partial charge in [-0.25, -0.2) is 9.18 Å². The number of hydrogen-bond acceptors (Lipinski definition) is 4. The molecule has 0 aliphatic heterocycles. The topological polar surface area (TPSA) is 75.7 Å². The fraction of sp³-hybridized carbons (Fsp3) is 0.269. The summed E-state index contributed by atoms with van der Waals surface area (Å²) in [5.74, 6) is -0.265. The van der Waals surface area contributed by atoms with E-state index in [0.717, 1.165) is 5.56 Å². The first-order valence-corrected chi connectivity index (χ1v) is 12.7. The first-order chi connectivity index (χ1) is 16.3. The van der Waals surface area contributed by atoms with Crippen molar-refractivity contribution in [3.05, 3.63) is 94.3 Å². The number of benzene rings is 3. The van der Waals surface area contributed by atoms with Gasteiger partial charge in [0, 0.05) is 18.6 Å². The van der Waals surface area contributed by atoms with Gasteiger partial charge in [0.15, 0.2) is 0 Å². The molecular weight excluding hydrogens is 491 g/mol. The van der Waals surface area contributed by atoms with Crippen molar-refractivity contribution >= 4 is 27.8 Å². The molecule has 0 unspecified atom stereocenters. The summed E-state index contributed by atoms with van der Waals surface area (Å²) < 4.78 is 44.5. The quantitative estimate of drug-likeness (QED) is 0.385. The van der Waals surface area contributed by atoms with Gasteiger partial charge in [-0.2, -0.15) is 8.42 Å². The largest absolute Gasteiger partial charge is 0.379 e. The third kappa shape index (κ3) is 7.44. The molecule has 9 heteroatoms. The van der Waals surface area contributed by atoms with Gasteiger partial charge in [-0.05, 0) is 74.7 Å². The molecule has 0 bridgehead atoms. The van der Waals surface area contributed by atoms with E-state index in [2.05, 4.69) is 5.32 Å². The smallest absolute Gasteiger partial charge is 0.340 e. The Balaban J connectivity index is 1.85. The summed E-state index contributed by atoms with van der Waals surface area (Å²) in [5.41, 5.74) is 1.40. The molecule has 0 aliphatic carbocycles. The summed E-state index contributed by atoms with van der Waals surface area (Å²) in [4.78, 5) is 14.5. The molecule has 2 amide bonds. The number of carbonyl (C=O) groups is 1. The average Bonchev–Trinajstić information content (AvgIpc) is 2.73. The van der Waals surface area contributed by atoms with E-state index in [4.69, 9.17) is 15.8 Å². The van der Waals surface area contributed by atoms with Crippen LogP contribution in [0.5, 0.6) is 5.75 Å². The van der Waals surface area contributed by atoms with E-state index >= 15 is 0 Å². The fourth-order valence-electron chi connectivity index (χ4n) is 3.43.